The van der Waals surface area contributed by atoms with Crippen LogP contribution in [0, 0.1) is 0 Å². The molecule has 2 aliphatic heterocycles. The second-order valence-electron chi connectivity index (χ2n) is 12.8. The van der Waals surface area contributed by atoms with Crippen molar-refractivity contribution in [1.29, 1.82) is 0 Å². The van der Waals surface area contributed by atoms with E-state index in [4.69, 9.17) is 39.0 Å². The Labute approximate surface area is 393 Å². The summed E-state index contributed by atoms with van der Waals surface area (Å²) in [6.45, 7) is 33.9. The van der Waals surface area contributed by atoms with Gasteiger partial charge in [-0.25, -0.2) is 28.8 Å². The van der Waals surface area contributed by atoms with E-state index in [9.17, 15) is 28.8 Å². The third kappa shape index (κ3) is 47.9. The van der Waals surface area contributed by atoms with Crippen molar-refractivity contribution in [2.24, 2.45) is 0 Å². The van der Waals surface area contributed by atoms with Gasteiger partial charge in [-0.05, 0) is 69.2 Å². The van der Waals surface area contributed by atoms with Gasteiger partial charge in [-0.2, -0.15) is 0 Å². The summed E-state index contributed by atoms with van der Waals surface area (Å²) in [5, 5.41) is 25.4. The smallest absolute Gasteiger partial charge is 0.870 e. The van der Waals surface area contributed by atoms with Crippen LogP contribution in [-0.2, 0) is 66.7 Å². The maximum absolute atomic E-state index is 11.4. The number of carboxylic acid groups (broad SMARTS) is 1. The molecule has 2 rings (SSSR count). The first-order valence-electron chi connectivity index (χ1n) is 18.5. The third-order valence-corrected chi connectivity index (χ3v) is 6.37. The number of ether oxygens (including phenoxy) is 8. The van der Waals surface area contributed by atoms with Crippen LogP contribution in [0.15, 0.2) is 48.6 Å². The molecule has 20 heteroatoms. The molecule has 61 heavy (non-hydrogen) atoms. The minimum Gasteiger partial charge on any atom is -0.870 e. The molecule has 2 atom stereocenters. The van der Waals surface area contributed by atoms with E-state index in [2.05, 4.69) is 56.5 Å². The molecule has 0 radical (unpaired) electrons. The molecule has 2 heterocycles. The van der Waals surface area contributed by atoms with E-state index in [-0.39, 0.29) is 110 Å². The number of carboxylic acids is 1. The quantitative estimate of drug-likeness (QED) is 0.0619. The van der Waals surface area contributed by atoms with Crippen LogP contribution in [0.25, 0.3) is 0 Å². The molecule has 0 aliphatic carbocycles. The van der Waals surface area contributed by atoms with E-state index >= 15 is 0 Å². The standard InChI is InChI=1S/C11H16O5.C9H16O3.C7H12O3.C6H9BrO2.C4H6O3.C3H8O.CH4.Na.H2O/c1-7(2)15-6-8(3)10(12)16-9-4-5-14-11(9)13;1-5-11-9(10)8(4)6-12-7(2)3;1-5(2)10-4-6(3)7(8)9;1-3-9-6(8)5(2)4-7;5-3-1-2-7-4(3)6;1-3(2)4;;;/h7,9H,3-6H2,1-2H3;7H,4-6H2,1-3H3;5H,3-4H2,1-2H3,(H,8,9);2-4H2,1H3;3,5H,1-2H2;3-4H,1-2H3;1H4;;1H2/q;;;;;;;+1;/p-1. The van der Waals surface area contributed by atoms with Crippen LogP contribution in [0.3, 0.4) is 0 Å². The molecule has 0 spiro atoms. The SMILES string of the molecule is C.C=C(CBr)C(=O)OCC.C=C(COC(C)C)C(=O)O.C=C(COC(C)C)C(=O)OC1CCOC1=O.C=C(COC(C)C)C(=O)OCC.CC(C)O.O=C1OCCC1O.[Na+].[OH-]. The van der Waals surface area contributed by atoms with Gasteiger partial charge in [-0.15, -0.1) is 0 Å². The van der Waals surface area contributed by atoms with Gasteiger partial charge in [-0.1, -0.05) is 49.7 Å². The van der Waals surface area contributed by atoms with Crippen molar-refractivity contribution >= 4 is 51.7 Å². The van der Waals surface area contributed by atoms with Crippen LogP contribution in [0.2, 0.25) is 0 Å². The molecule has 0 bridgehead atoms. The van der Waals surface area contributed by atoms with E-state index < -0.39 is 36.1 Å². The molecule has 2 fully saturated rings. The molecule has 2 unspecified atom stereocenters. The number of carbonyl (C=O) groups is 6. The average molecular weight is 956 g/mol. The van der Waals surface area contributed by atoms with Crippen molar-refractivity contribution < 1.29 is 117 Å². The maximum Gasteiger partial charge on any atom is 1.00 e. The summed E-state index contributed by atoms with van der Waals surface area (Å²) < 4.78 is 38.7. The van der Waals surface area contributed by atoms with E-state index in [1.807, 2.05) is 41.5 Å². The molecule has 2 aliphatic rings. The van der Waals surface area contributed by atoms with Crippen LogP contribution < -0.4 is 29.6 Å². The number of aliphatic carboxylic acids is 1. The number of aliphatic hydroxyl groups is 2. The zero-order valence-electron chi connectivity index (χ0n) is 37.2. The van der Waals surface area contributed by atoms with Gasteiger partial charge in [0.15, 0.2) is 6.10 Å². The van der Waals surface area contributed by atoms with Gasteiger partial charge in [0, 0.05) is 29.8 Å². The normalized spacial score (nSPS) is 14.1. The summed E-state index contributed by atoms with van der Waals surface area (Å²) in [4.78, 5) is 64.3. The second kappa shape index (κ2) is 45.1. The topological polar surface area (TPSA) is 267 Å². The van der Waals surface area contributed by atoms with Crippen molar-refractivity contribution in [3.8, 4) is 0 Å². The molecule has 0 aromatic carbocycles. The first kappa shape index (κ1) is 72.5. The maximum atomic E-state index is 11.4. The predicted octanol–water partition coefficient (Wildman–Crippen LogP) is 2.05. The molecular formula is C41H72BrNaO18. The van der Waals surface area contributed by atoms with Crippen LogP contribution >= 0.6 is 15.9 Å². The molecule has 0 amide bonds. The first-order chi connectivity index (χ1) is 26.9. The molecule has 2 saturated heterocycles. The third-order valence-electron chi connectivity index (χ3n) is 5.70. The van der Waals surface area contributed by atoms with Crippen LogP contribution in [0.1, 0.15) is 89.5 Å². The summed E-state index contributed by atoms with van der Waals surface area (Å²) in [5.74, 6) is -3.29. The molecule has 0 aromatic heterocycles. The second-order valence-corrected chi connectivity index (χ2v) is 13.3. The largest absolute Gasteiger partial charge is 1.00 e. The average Bonchev–Trinajstić information content (AvgIpc) is 3.73. The zero-order chi connectivity index (χ0) is 46.0. The number of alkyl halides is 1. The number of hydrogen-bond acceptors (Lipinski definition) is 17. The Hall–Kier alpha value is -2.98. The van der Waals surface area contributed by atoms with E-state index in [0.717, 1.165) is 0 Å². The van der Waals surface area contributed by atoms with Gasteiger partial charge in [0.2, 0.25) is 6.10 Å². The van der Waals surface area contributed by atoms with Crippen molar-refractivity contribution in [1.82, 2.24) is 0 Å². The predicted molar refractivity (Wildman–Crippen MR) is 228 cm³/mol. The fourth-order valence-corrected chi connectivity index (χ4v) is 3.01. The Bertz CT molecular complexity index is 1280. The Morgan fingerprint density at radius 3 is 1.30 bits per heavy atom. The van der Waals surface area contributed by atoms with Gasteiger partial charge >= 0.3 is 65.4 Å². The summed E-state index contributed by atoms with van der Waals surface area (Å²) in [5.41, 5.74) is 1.12. The number of esters is 5. The number of hydrogen-bond donors (Lipinski definition) is 3. The van der Waals surface area contributed by atoms with Crippen molar-refractivity contribution in [3.05, 3.63) is 48.6 Å². The van der Waals surface area contributed by atoms with Crippen molar-refractivity contribution in [3.63, 3.8) is 0 Å². The fourth-order valence-electron chi connectivity index (χ4n) is 2.78. The summed E-state index contributed by atoms with van der Waals surface area (Å²) in [6, 6.07) is 0. The van der Waals surface area contributed by atoms with Crippen LogP contribution in [0.5, 0.6) is 0 Å². The Morgan fingerprint density at radius 2 is 1.03 bits per heavy atom. The molecule has 18 nitrogen and oxygen atoms in total. The van der Waals surface area contributed by atoms with Gasteiger partial charge in [0.25, 0.3) is 0 Å². The van der Waals surface area contributed by atoms with E-state index in [0.29, 0.717) is 55.7 Å². The minimum absolute atomic E-state index is 0. The minimum atomic E-state index is -0.999. The molecule has 352 valence electrons. The number of carbonyl (C=O) groups excluding carboxylic acids is 5. The number of halogens is 1. The van der Waals surface area contributed by atoms with Gasteiger partial charge in [-0.3, -0.25) is 0 Å². The summed E-state index contributed by atoms with van der Waals surface area (Å²) >= 11 is 3.08. The molecule has 0 saturated carbocycles. The fraction of sp³-hybridized carbons (Fsp3) is 0.659. The Morgan fingerprint density at radius 1 is 0.689 bits per heavy atom. The molecule has 4 N–H and O–H groups in total. The van der Waals surface area contributed by atoms with Gasteiger partial charge in [0.1, 0.15) is 0 Å². The number of aliphatic hydroxyl groups excluding tert-OH is 2. The summed E-state index contributed by atoms with van der Waals surface area (Å²) in [6.07, 6.45) is -0.765. The van der Waals surface area contributed by atoms with Crippen molar-refractivity contribution in [2.75, 3.05) is 51.6 Å². The molecule has 0 aromatic rings. The number of cyclic esters (lactones) is 2. The molecular weight excluding hydrogens is 883 g/mol. The first-order valence-corrected chi connectivity index (χ1v) is 19.6. The van der Waals surface area contributed by atoms with Gasteiger partial charge < -0.3 is 58.7 Å². The van der Waals surface area contributed by atoms with Crippen LogP contribution in [-0.4, -0.2) is 145 Å². The summed E-state index contributed by atoms with van der Waals surface area (Å²) in [7, 11) is 0. The van der Waals surface area contributed by atoms with E-state index in [1.165, 1.54) is 0 Å². The zero-order valence-corrected chi connectivity index (χ0v) is 40.8. The van der Waals surface area contributed by atoms with Crippen molar-refractivity contribution in [2.45, 2.75) is 126 Å². The van der Waals surface area contributed by atoms with Gasteiger partial charge in [0.05, 0.1) is 81.3 Å². The van der Waals surface area contributed by atoms with Crippen LogP contribution in [0.4, 0.5) is 0 Å². The Balaban J connectivity index is -0.000000118. The van der Waals surface area contributed by atoms with E-state index in [1.54, 1.807) is 27.7 Å². The number of rotatable bonds is 17. The Kier molecular flexibility index (Phi) is 53.5. The monoisotopic (exact) mass is 954 g/mol.